The summed E-state index contributed by atoms with van der Waals surface area (Å²) in [4.78, 5) is 20.0. The van der Waals surface area contributed by atoms with Crippen LogP contribution in [0.15, 0.2) is 30.7 Å². The Balaban J connectivity index is 1.41. The largest absolute Gasteiger partial charge is 0.494 e. The van der Waals surface area contributed by atoms with Crippen molar-refractivity contribution in [2.75, 3.05) is 25.9 Å². The van der Waals surface area contributed by atoms with Gasteiger partial charge in [-0.2, -0.15) is 4.52 Å². The maximum atomic E-state index is 6.12. The Bertz CT molecular complexity index is 1170. The van der Waals surface area contributed by atoms with Gasteiger partial charge < -0.3 is 10.5 Å². The number of ether oxygens (including phenoxy) is 1. The molecule has 0 unspecified atom stereocenters. The number of nitrogen functional groups attached to an aromatic ring is 1. The van der Waals surface area contributed by atoms with Gasteiger partial charge in [0, 0.05) is 55.3 Å². The smallest absolute Gasteiger partial charge is 0.223 e. The number of methoxy groups -OCH3 is 1. The maximum Gasteiger partial charge on any atom is 0.223 e. The normalized spacial score (nSPS) is 14.5. The first-order chi connectivity index (χ1) is 13.7. The van der Waals surface area contributed by atoms with Crippen molar-refractivity contribution in [3.05, 3.63) is 47.8 Å². The van der Waals surface area contributed by atoms with Crippen molar-refractivity contribution in [1.82, 2.24) is 34.4 Å². The van der Waals surface area contributed by atoms with Gasteiger partial charge in [0.2, 0.25) is 5.95 Å². The number of para-hydroxylation sites is 1. The molecule has 5 rings (SSSR count). The van der Waals surface area contributed by atoms with Crippen LogP contribution in [0.1, 0.15) is 17.1 Å². The average Bonchev–Trinajstić information content (AvgIpc) is 3.17. The molecule has 0 spiro atoms. The Labute approximate surface area is 161 Å². The van der Waals surface area contributed by atoms with Gasteiger partial charge in [-0.3, -0.25) is 4.90 Å². The molecule has 9 nitrogen and oxygen atoms in total. The van der Waals surface area contributed by atoms with E-state index in [0.29, 0.717) is 22.9 Å². The summed E-state index contributed by atoms with van der Waals surface area (Å²) in [5, 5.41) is 5.44. The molecule has 0 saturated carbocycles. The Kier molecular flexibility index (Phi) is 4.01. The summed E-state index contributed by atoms with van der Waals surface area (Å²) in [7, 11) is 1.62. The van der Waals surface area contributed by atoms with Crippen molar-refractivity contribution in [3.63, 3.8) is 0 Å². The number of aromatic nitrogens is 6. The van der Waals surface area contributed by atoms with E-state index in [1.54, 1.807) is 18.0 Å². The second-order valence-electron chi connectivity index (χ2n) is 6.86. The Morgan fingerprint density at radius 1 is 1.25 bits per heavy atom. The van der Waals surface area contributed by atoms with E-state index in [4.69, 9.17) is 15.5 Å². The molecule has 0 bridgehead atoms. The Hall–Kier alpha value is -3.33. The van der Waals surface area contributed by atoms with Crippen LogP contribution in [0.3, 0.4) is 0 Å². The topological polar surface area (TPSA) is 107 Å². The molecule has 0 atom stereocenters. The third kappa shape index (κ3) is 2.80. The highest BCUT2D eigenvalue weighted by molar-refractivity contribution is 5.95. The highest BCUT2D eigenvalue weighted by Crippen LogP contribution is 2.27. The third-order valence-corrected chi connectivity index (χ3v) is 5.15. The summed E-state index contributed by atoms with van der Waals surface area (Å²) in [6.07, 6.45) is 5.20. The number of benzene rings is 1. The highest BCUT2D eigenvalue weighted by atomic mass is 16.5. The summed E-state index contributed by atoms with van der Waals surface area (Å²) >= 11 is 0. The zero-order valence-electron chi connectivity index (χ0n) is 15.5. The van der Waals surface area contributed by atoms with E-state index in [1.165, 1.54) is 5.56 Å². The minimum Gasteiger partial charge on any atom is -0.494 e. The van der Waals surface area contributed by atoms with Gasteiger partial charge >= 0.3 is 0 Å². The van der Waals surface area contributed by atoms with Crippen LogP contribution in [0.2, 0.25) is 0 Å². The van der Waals surface area contributed by atoms with E-state index >= 15 is 0 Å². The standard InChI is InChI=1S/C19H20N8O/c1-28-15-4-2-3-13-17(15)24-19(20)27-18(13)23-16(25-27)6-8-26-7-5-14-12(10-26)9-21-11-22-14/h2-4,9,11H,5-8,10H2,1H3,(H2,20,24). The van der Waals surface area contributed by atoms with Crippen molar-refractivity contribution in [2.45, 2.75) is 19.4 Å². The predicted molar refractivity (Wildman–Crippen MR) is 104 cm³/mol. The van der Waals surface area contributed by atoms with Gasteiger partial charge in [-0.15, -0.1) is 5.10 Å². The van der Waals surface area contributed by atoms with Crippen LogP contribution in [0.5, 0.6) is 5.75 Å². The first-order valence-corrected chi connectivity index (χ1v) is 9.21. The number of fused-ring (bicyclic) bond motifs is 4. The Morgan fingerprint density at radius 3 is 3.07 bits per heavy atom. The molecule has 28 heavy (non-hydrogen) atoms. The summed E-state index contributed by atoms with van der Waals surface area (Å²) < 4.78 is 7.01. The molecule has 3 aromatic heterocycles. The fourth-order valence-corrected chi connectivity index (χ4v) is 3.71. The number of nitrogens with two attached hydrogens (primary N) is 1. The molecular weight excluding hydrogens is 356 g/mol. The Morgan fingerprint density at radius 2 is 2.18 bits per heavy atom. The second-order valence-corrected chi connectivity index (χ2v) is 6.86. The van der Waals surface area contributed by atoms with Gasteiger partial charge in [0.25, 0.3) is 0 Å². The zero-order valence-corrected chi connectivity index (χ0v) is 15.5. The highest BCUT2D eigenvalue weighted by Gasteiger charge is 2.19. The van der Waals surface area contributed by atoms with Crippen LogP contribution in [-0.4, -0.2) is 54.6 Å². The first kappa shape index (κ1) is 16.8. The molecule has 0 radical (unpaired) electrons. The lowest BCUT2D eigenvalue weighted by molar-refractivity contribution is 0.253. The molecule has 1 aliphatic rings. The van der Waals surface area contributed by atoms with Crippen molar-refractivity contribution < 1.29 is 4.74 Å². The van der Waals surface area contributed by atoms with Crippen molar-refractivity contribution in [1.29, 1.82) is 0 Å². The molecule has 0 amide bonds. The summed E-state index contributed by atoms with van der Waals surface area (Å²) in [6, 6.07) is 5.74. The average molecular weight is 376 g/mol. The lowest BCUT2D eigenvalue weighted by Crippen LogP contribution is -2.33. The summed E-state index contributed by atoms with van der Waals surface area (Å²) in [5.74, 6) is 1.72. The maximum absolute atomic E-state index is 6.12. The monoisotopic (exact) mass is 376 g/mol. The lowest BCUT2D eigenvalue weighted by Gasteiger charge is -2.27. The predicted octanol–water partition coefficient (Wildman–Crippen LogP) is 1.26. The quantitative estimate of drug-likeness (QED) is 0.567. The summed E-state index contributed by atoms with van der Waals surface area (Å²) in [5.41, 5.74) is 9.87. The molecule has 2 N–H and O–H groups in total. The SMILES string of the molecule is COc1cccc2c1nc(N)n1nc(CCN3CCc4ncncc4C3)nc21. The van der Waals surface area contributed by atoms with E-state index in [1.807, 2.05) is 24.4 Å². The van der Waals surface area contributed by atoms with Gasteiger partial charge in [-0.05, 0) is 12.1 Å². The third-order valence-electron chi connectivity index (χ3n) is 5.15. The van der Waals surface area contributed by atoms with Crippen molar-refractivity contribution >= 4 is 22.5 Å². The zero-order chi connectivity index (χ0) is 19.1. The molecule has 1 aromatic carbocycles. The minimum atomic E-state index is 0.301. The van der Waals surface area contributed by atoms with E-state index in [2.05, 4.69) is 25.0 Å². The molecule has 0 fully saturated rings. The molecule has 4 aromatic rings. The molecule has 142 valence electrons. The van der Waals surface area contributed by atoms with Crippen LogP contribution in [0.4, 0.5) is 5.95 Å². The molecule has 9 heteroatoms. The number of nitrogens with zero attached hydrogens (tertiary/aromatic N) is 7. The van der Waals surface area contributed by atoms with Crippen LogP contribution in [0.25, 0.3) is 16.6 Å². The van der Waals surface area contributed by atoms with E-state index < -0.39 is 0 Å². The van der Waals surface area contributed by atoms with Crippen molar-refractivity contribution in [2.24, 2.45) is 0 Å². The van der Waals surface area contributed by atoms with E-state index in [-0.39, 0.29) is 0 Å². The second kappa shape index (κ2) is 6.68. The fraction of sp³-hybridized carbons (Fsp3) is 0.316. The van der Waals surface area contributed by atoms with Crippen LogP contribution < -0.4 is 10.5 Å². The minimum absolute atomic E-state index is 0.301. The molecule has 1 aliphatic heterocycles. The van der Waals surface area contributed by atoms with E-state index in [9.17, 15) is 0 Å². The van der Waals surface area contributed by atoms with Gasteiger partial charge in [-0.1, -0.05) is 6.07 Å². The van der Waals surface area contributed by atoms with Crippen molar-refractivity contribution in [3.8, 4) is 5.75 Å². The number of hydrogen-bond donors (Lipinski definition) is 1. The molecule has 4 heterocycles. The molecular formula is C19H20N8O. The lowest BCUT2D eigenvalue weighted by atomic mass is 10.1. The summed E-state index contributed by atoms with van der Waals surface area (Å²) in [6.45, 7) is 2.69. The first-order valence-electron chi connectivity index (χ1n) is 9.21. The number of rotatable bonds is 4. The van der Waals surface area contributed by atoms with Crippen LogP contribution in [0, 0.1) is 0 Å². The van der Waals surface area contributed by atoms with Gasteiger partial charge in [-0.25, -0.2) is 19.9 Å². The van der Waals surface area contributed by atoms with Gasteiger partial charge in [0.15, 0.2) is 11.5 Å². The van der Waals surface area contributed by atoms with Crippen LogP contribution in [-0.2, 0) is 19.4 Å². The van der Waals surface area contributed by atoms with Crippen LogP contribution >= 0.6 is 0 Å². The van der Waals surface area contributed by atoms with Gasteiger partial charge in [0.05, 0.1) is 7.11 Å². The fourth-order valence-electron chi connectivity index (χ4n) is 3.71. The molecule has 0 saturated heterocycles. The van der Waals surface area contributed by atoms with Gasteiger partial charge in [0.1, 0.15) is 17.6 Å². The molecule has 0 aliphatic carbocycles. The van der Waals surface area contributed by atoms with E-state index in [0.717, 1.165) is 49.4 Å². The number of hydrogen-bond acceptors (Lipinski definition) is 8. The number of anilines is 1.